The molecule has 3 nitrogen and oxygen atoms in total. The monoisotopic (exact) mass is 233 g/mol. The topological polar surface area (TPSA) is 42.2 Å². The van der Waals surface area contributed by atoms with Crippen molar-refractivity contribution in [1.29, 1.82) is 0 Å². The maximum Gasteiger partial charge on any atom is 0.133 e. The first-order chi connectivity index (χ1) is 8.27. The molecule has 3 heteroatoms. The molecule has 17 heavy (non-hydrogen) atoms. The van der Waals surface area contributed by atoms with Gasteiger partial charge in [0.25, 0.3) is 0 Å². The number of nitrogens with two attached hydrogens (primary N) is 1. The van der Waals surface area contributed by atoms with Gasteiger partial charge in [-0.2, -0.15) is 0 Å². The summed E-state index contributed by atoms with van der Waals surface area (Å²) in [5.41, 5.74) is 8.34. The van der Waals surface area contributed by atoms with E-state index in [1.807, 2.05) is 12.3 Å². The van der Waals surface area contributed by atoms with Crippen molar-refractivity contribution in [1.82, 2.24) is 4.98 Å². The number of anilines is 1. The predicted molar refractivity (Wildman–Crippen MR) is 72.1 cm³/mol. The highest BCUT2D eigenvalue weighted by atomic mass is 15.2. The Bertz CT molecular complexity index is 370. The summed E-state index contributed by atoms with van der Waals surface area (Å²) in [6, 6.07) is 2.72. The van der Waals surface area contributed by atoms with Gasteiger partial charge in [-0.25, -0.2) is 4.98 Å². The van der Waals surface area contributed by atoms with E-state index < -0.39 is 0 Å². The molecule has 0 saturated heterocycles. The highest BCUT2D eigenvalue weighted by Crippen LogP contribution is 2.29. The van der Waals surface area contributed by atoms with Crippen LogP contribution in [0.25, 0.3) is 0 Å². The Morgan fingerprint density at radius 1 is 1.41 bits per heavy atom. The van der Waals surface area contributed by atoms with Crippen LogP contribution in [0.1, 0.15) is 43.7 Å². The van der Waals surface area contributed by atoms with Crippen LogP contribution in [0.5, 0.6) is 0 Å². The van der Waals surface area contributed by atoms with Crippen LogP contribution < -0.4 is 10.6 Å². The predicted octanol–water partition coefficient (Wildman–Crippen LogP) is 2.62. The molecule has 1 heterocycles. The largest absolute Gasteiger partial charge is 0.354 e. The molecule has 0 amide bonds. The summed E-state index contributed by atoms with van der Waals surface area (Å²) in [6.45, 7) is 5.94. The minimum absolute atomic E-state index is 0.582. The van der Waals surface area contributed by atoms with Crippen LogP contribution in [0.3, 0.4) is 0 Å². The van der Waals surface area contributed by atoms with Crippen molar-refractivity contribution < 1.29 is 0 Å². The highest BCUT2D eigenvalue weighted by molar-refractivity contribution is 5.51. The number of nitrogens with zero attached hydrogens (tertiary/aromatic N) is 2. The van der Waals surface area contributed by atoms with Gasteiger partial charge >= 0.3 is 0 Å². The Morgan fingerprint density at radius 2 is 2.12 bits per heavy atom. The molecular formula is C14H23N3. The fourth-order valence-corrected chi connectivity index (χ4v) is 2.87. The minimum atomic E-state index is 0.582. The third-order valence-electron chi connectivity index (χ3n) is 3.85. The standard InChI is InChI=1S/C14H23N3/c1-3-17(12-6-4-5-7-12)14-13(10-15)11(2)8-9-16-14/h8-9,12H,3-7,10,15H2,1-2H3. The maximum absolute atomic E-state index is 5.88. The van der Waals surface area contributed by atoms with Crippen molar-refractivity contribution in [3.63, 3.8) is 0 Å². The molecule has 94 valence electrons. The van der Waals surface area contributed by atoms with Gasteiger partial charge in [0.1, 0.15) is 5.82 Å². The lowest BCUT2D eigenvalue weighted by atomic mass is 10.1. The molecule has 0 aliphatic heterocycles. The highest BCUT2D eigenvalue weighted by Gasteiger charge is 2.24. The van der Waals surface area contributed by atoms with E-state index in [1.165, 1.54) is 36.8 Å². The average Bonchev–Trinajstić information content (AvgIpc) is 2.84. The van der Waals surface area contributed by atoms with E-state index in [-0.39, 0.29) is 0 Å². The lowest BCUT2D eigenvalue weighted by Crippen LogP contribution is -2.35. The van der Waals surface area contributed by atoms with Crippen molar-refractivity contribution >= 4 is 5.82 Å². The van der Waals surface area contributed by atoms with Crippen LogP contribution >= 0.6 is 0 Å². The summed E-state index contributed by atoms with van der Waals surface area (Å²) in [7, 11) is 0. The molecular weight excluding hydrogens is 210 g/mol. The second-order valence-electron chi connectivity index (χ2n) is 4.86. The van der Waals surface area contributed by atoms with Gasteiger partial charge in [0.15, 0.2) is 0 Å². The van der Waals surface area contributed by atoms with Crippen molar-refractivity contribution in [2.45, 2.75) is 52.1 Å². The Kier molecular flexibility index (Phi) is 4.00. The molecule has 1 aromatic heterocycles. The number of aromatic nitrogens is 1. The van der Waals surface area contributed by atoms with Gasteiger partial charge in [0.05, 0.1) is 0 Å². The number of rotatable bonds is 4. The minimum Gasteiger partial charge on any atom is -0.354 e. The number of pyridine rings is 1. The molecule has 1 saturated carbocycles. The van der Waals surface area contributed by atoms with Crippen molar-refractivity contribution in [2.75, 3.05) is 11.4 Å². The van der Waals surface area contributed by atoms with E-state index in [4.69, 9.17) is 5.73 Å². The first kappa shape index (κ1) is 12.4. The van der Waals surface area contributed by atoms with E-state index in [1.54, 1.807) is 0 Å². The second kappa shape index (κ2) is 5.50. The number of hydrogen-bond acceptors (Lipinski definition) is 3. The molecule has 2 rings (SSSR count). The molecule has 0 spiro atoms. The van der Waals surface area contributed by atoms with Crippen molar-refractivity contribution in [2.24, 2.45) is 5.73 Å². The molecule has 0 unspecified atom stereocenters. The molecule has 0 radical (unpaired) electrons. The summed E-state index contributed by atoms with van der Waals surface area (Å²) in [5.74, 6) is 1.11. The third-order valence-corrected chi connectivity index (χ3v) is 3.85. The lowest BCUT2D eigenvalue weighted by molar-refractivity contribution is 0.610. The van der Waals surface area contributed by atoms with Crippen LogP contribution in [-0.4, -0.2) is 17.6 Å². The molecule has 1 aliphatic rings. The average molecular weight is 233 g/mol. The van der Waals surface area contributed by atoms with Gasteiger partial charge in [-0.1, -0.05) is 12.8 Å². The number of hydrogen-bond donors (Lipinski definition) is 1. The van der Waals surface area contributed by atoms with Gasteiger partial charge in [0, 0.05) is 30.9 Å². The molecule has 0 aromatic carbocycles. The molecule has 1 aliphatic carbocycles. The lowest BCUT2D eigenvalue weighted by Gasteiger charge is -2.30. The molecule has 1 aromatic rings. The van der Waals surface area contributed by atoms with Crippen LogP contribution in [0, 0.1) is 6.92 Å². The zero-order chi connectivity index (χ0) is 12.3. The molecule has 0 atom stereocenters. The van der Waals surface area contributed by atoms with Gasteiger partial charge in [-0.3, -0.25) is 0 Å². The van der Waals surface area contributed by atoms with Gasteiger partial charge in [-0.05, 0) is 38.3 Å². The Labute approximate surface area is 104 Å². The molecule has 1 fully saturated rings. The summed E-state index contributed by atoms with van der Waals surface area (Å²) >= 11 is 0. The fraction of sp³-hybridized carbons (Fsp3) is 0.643. The Balaban J connectivity index is 2.32. The third kappa shape index (κ3) is 2.44. The molecule has 2 N–H and O–H groups in total. The maximum atomic E-state index is 5.88. The number of aryl methyl sites for hydroxylation is 1. The summed E-state index contributed by atoms with van der Waals surface area (Å²) < 4.78 is 0. The van der Waals surface area contributed by atoms with E-state index >= 15 is 0 Å². The smallest absolute Gasteiger partial charge is 0.133 e. The van der Waals surface area contributed by atoms with Crippen molar-refractivity contribution in [3.8, 4) is 0 Å². The Morgan fingerprint density at radius 3 is 2.71 bits per heavy atom. The van der Waals surface area contributed by atoms with E-state index in [0.29, 0.717) is 12.6 Å². The first-order valence-corrected chi connectivity index (χ1v) is 6.69. The van der Waals surface area contributed by atoms with E-state index in [0.717, 1.165) is 12.4 Å². The Hall–Kier alpha value is -1.09. The van der Waals surface area contributed by atoms with Crippen LogP contribution in [0.4, 0.5) is 5.82 Å². The van der Waals surface area contributed by atoms with Crippen LogP contribution in [0.15, 0.2) is 12.3 Å². The normalized spacial score (nSPS) is 16.4. The first-order valence-electron chi connectivity index (χ1n) is 6.69. The second-order valence-corrected chi connectivity index (χ2v) is 4.86. The molecule has 0 bridgehead atoms. The van der Waals surface area contributed by atoms with Crippen LogP contribution in [-0.2, 0) is 6.54 Å². The van der Waals surface area contributed by atoms with Gasteiger partial charge < -0.3 is 10.6 Å². The van der Waals surface area contributed by atoms with E-state index in [9.17, 15) is 0 Å². The van der Waals surface area contributed by atoms with Gasteiger partial charge in [0.2, 0.25) is 0 Å². The summed E-state index contributed by atoms with van der Waals surface area (Å²) in [5, 5.41) is 0. The zero-order valence-electron chi connectivity index (χ0n) is 10.9. The zero-order valence-corrected chi connectivity index (χ0v) is 10.9. The van der Waals surface area contributed by atoms with Crippen molar-refractivity contribution in [3.05, 3.63) is 23.4 Å². The quantitative estimate of drug-likeness (QED) is 0.869. The fourth-order valence-electron chi connectivity index (χ4n) is 2.87. The van der Waals surface area contributed by atoms with Crippen LogP contribution in [0.2, 0.25) is 0 Å². The SMILES string of the molecule is CCN(c1nccc(C)c1CN)C1CCCC1. The van der Waals surface area contributed by atoms with Gasteiger partial charge in [-0.15, -0.1) is 0 Å². The summed E-state index contributed by atoms with van der Waals surface area (Å²) in [6.07, 6.45) is 7.21. The van der Waals surface area contributed by atoms with E-state index in [2.05, 4.69) is 23.7 Å². The summed E-state index contributed by atoms with van der Waals surface area (Å²) in [4.78, 5) is 7.02.